The number of pyridine rings is 1. The summed E-state index contributed by atoms with van der Waals surface area (Å²) in [6.07, 6.45) is 5.37. The van der Waals surface area contributed by atoms with Crippen molar-refractivity contribution in [1.82, 2.24) is 4.98 Å². The van der Waals surface area contributed by atoms with Gasteiger partial charge in [-0.1, -0.05) is 22.9 Å². The van der Waals surface area contributed by atoms with E-state index in [2.05, 4.69) is 34.8 Å². The first-order valence-electron chi connectivity index (χ1n) is 5.28. The van der Waals surface area contributed by atoms with Gasteiger partial charge in [0.25, 0.3) is 0 Å². The number of hydrogen-bond acceptors (Lipinski definition) is 2. The summed E-state index contributed by atoms with van der Waals surface area (Å²) in [5.74, 6) is 1.36. The molecule has 2 atom stereocenters. The molecule has 0 aliphatic carbocycles. The molecule has 2 unspecified atom stereocenters. The van der Waals surface area contributed by atoms with Gasteiger partial charge in [-0.25, -0.2) is 0 Å². The highest BCUT2D eigenvalue weighted by molar-refractivity contribution is 9.09. The van der Waals surface area contributed by atoms with Gasteiger partial charge in [-0.3, -0.25) is 4.98 Å². The van der Waals surface area contributed by atoms with E-state index in [1.165, 1.54) is 11.1 Å². The van der Waals surface area contributed by atoms with Crippen molar-refractivity contribution < 1.29 is 4.42 Å². The highest BCUT2D eigenvalue weighted by atomic mass is 79.9. The maximum atomic E-state index is 5.51. The van der Waals surface area contributed by atoms with Crippen LogP contribution in [0.3, 0.4) is 0 Å². The van der Waals surface area contributed by atoms with Crippen LogP contribution in [0.15, 0.2) is 41.3 Å². The second-order valence-corrected chi connectivity index (χ2v) is 4.93. The summed E-state index contributed by atoms with van der Waals surface area (Å²) in [5, 5.41) is 0. The van der Waals surface area contributed by atoms with E-state index in [1.807, 2.05) is 30.6 Å². The molecule has 0 spiro atoms. The molecule has 0 radical (unpaired) electrons. The van der Waals surface area contributed by atoms with Gasteiger partial charge in [0.05, 0.1) is 11.1 Å². The molecule has 2 heterocycles. The standard InChI is InChI=1S/C13H14BrNO/c1-9-5-8-16-13(9)12(14)10(2)11-3-6-15-7-4-11/h3-8,10,12H,1-2H3. The lowest BCUT2D eigenvalue weighted by molar-refractivity contribution is 0.488. The predicted molar refractivity (Wildman–Crippen MR) is 67.8 cm³/mol. The number of alkyl halides is 1. The summed E-state index contributed by atoms with van der Waals surface area (Å²) in [6.45, 7) is 4.24. The van der Waals surface area contributed by atoms with Crippen LogP contribution >= 0.6 is 15.9 Å². The monoisotopic (exact) mass is 279 g/mol. The Labute approximate surface area is 104 Å². The van der Waals surface area contributed by atoms with Gasteiger partial charge in [0.2, 0.25) is 0 Å². The molecule has 16 heavy (non-hydrogen) atoms. The molecule has 2 aromatic heterocycles. The second kappa shape index (κ2) is 4.83. The molecule has 3 heteroatoms. The lowest BCUT2D eigenvalue weighted by Gasteiger charge is -2.17. The molecule has 0 aromatic carbocycles. The maximum Gasteiger partial charge on any atom is 0.120 e. The minimum Gasteiger partial charge on any atom is -0.468 e. The molecular formula is C13H14BrNO. The van der Waals surface area contributed by atoms with Crippen molar-refractivity contribution in [3.05, 3.63) is 53.7 Å². The normalized spacial score (nSPS) is 14.7. The summed E-state index contributed by atoms with van der Waals surface area (Å²) < 4.78 is 5.51. The Hall–Kier alpha value is -1.09. The van der Waals surface area contributed by atoms with Crippen molar-refractivity contribution in [3.8, 4) is 0 Å². The molecule has 0 saturated heterocycles. The van der Waals surface area contributed by atoms with Crippen molar-refractivity contribution in [2.75, 3.05) is 0 Å². The predicted octanol–water partition coefficient (Wildman–Crippen LogP) is 4.22. The second-order valence-electron chi connectivity index (χ2n) is 3.94. The van der Waals surface area contributed by atoms with E-state index >= 15 is 0 Å². The van der Waals surface area contributed by atoms with Crippen molar-refractivity contribution >= 4 is 15.9 Å². The molecule has 0 N–H and O–H groups in total. The van der Waals surface area contributed by atoms with E-state index in [-0.39, 0.29) is 4.83 Å². The quantitative estimate of drug-likeness (QED) is 0.787. The van der Waals surface area contributed by atoms with Gasteiger partial charge in [0.15, 0.2) is 0 Å². The van der Waals surface area contributed by atoms with Crippen LogP contribution in [-0.4, -0.2) is 4.98 Å². The molecule has 2 rings (SSSR count). The Bertz CT molecular complexity index is 452. The summed E-state index contributed by atoms with van der Waals surface area (Å²) in [7, 11) is 0. The number of furan rings is 1. The van der Waals surface area contributed by atoms with E-state index in [0.717, 1.165) is 5.76 Å². The average Bonchev–Trinajstić information content (AvgIpc) is 2.75. The first-order valence-corrected chi connectivity index (χ1v) is 6.19. The molecule has 84 valence electrons. The highest BCUT2D eigenvalue weighted by Gasteiger charge is 2.21. The summed E-state index contributed by atoms with van der Waals surface area (Å²) in [5.41, 5.74) is 2.44. The third-order valence-corrected chi connectivity index (χ3v) is 4.03. The third-order valence-electron chi connectivity index (χ3n) is 2.82. The van der Waals surface area contributed by atoms with E-state index in [0.29, 0.717) is 5.92 Å². The molecule has 0 bridgehead atoms. The molecule has 0 fully saturated rings. The van der Waals surface area contributed by atoms with Crippen LogP contribution in [0.2, 0.25) is 0 Å². The van der Waals surface area contributed by atoms with Crippen LogP contribution in [-0.2, 0) is 0 Å². The zero-order valence-corrected chi connectivity index (χ0v) is 10.9. The van der Waals surface area contributed by atoms with Crippen LogP contribution in [0.4, 0.5) is 0 Å². The molecule has 2 nitrogen and oxygen atoms in total. The fraction of sp³-hybridized carbons (Fsp3) is 0.308. The van der Waals surface area contributed by atoms with E-state index in [1.54, 1.807) is 6.26 Å². The van der Waals surface area contributed by atoms with E-state index in [9.17, 15) is 0 Å². The number of hydrogen-bond donors (Lipinski definition) is 0. The molecule has 0 aliphatic heterocycles. The van der Waals surface area contributed by atoms with Gasteiger partial charge in [-0.05, 0) is 36.2 Å². The Kier molecular flexibility index (Phi) is 3.44. The van der Waals surface area contributed by atoms with E-state index in [4.69, 9.17) is 4.42 Å². The lowest BCUT2D eigenvalue weighted by Crippen LogP contribution is -2.02. The van der Waals surface area contributed by atoms with Crippen LogP contribution in [0.25, 0.3) is 0 Å². The fourth-order valence-electron chi connectivity index (χ4n) is 1.73. The number of halogens is 1. The third kappa shape index (κ3) is 2.19. The van der Waals surface area contributed by atoms with Crippen molar-refractivity contribution in [2.45, 2.75) is 24.6 Å². The summed E-state index contributed by atoms with van der Waals surface area (Å²) in [6, 6.07) is 6.07. The first-order chi connectivity index (χ1) is 7.70. The number of aryl methyl sites for hydroxylation is 1. The maximum absolute atomic E-state index is 5.51. The molecule has 0 amide bonds. The topological polar surface area (TPSA) is 26.0 Å². The summed E-state index contributed by atoms with van der Waals surface area (Å²) in [4.78, 5) is 4.23. The molecule has 0 aliphatic rings. The van der Waals surface area contributed by atoms with Crippen LogP contribution < -0.4 is 0 Å². The Morgan fingerprint density at radius 3 is 2.50 bits per heavy atom. The lowest BCUT2D eigenvalue weighted by atomic mass is 9.96. The SMILES string of the molecule is Cc1ccoc1C(Br)C(C)c1ccncc1. The van der Waals surface area contributed by atoms with Crippen molar-refractivity contribution in [1.29, 1.82) is 0 Å². The number of aromatic nitrogens is 1. The van der Waals surface area contributed by atoms with Gasteiger partial charge < -0.3 is 4.42 Å². The van der Waals surface area contributed by atoms with Crippen molar-refractivity contribution in [3.63, 3.8) is 0 Å². The highest BCUT2D eigenvalue weighted by Crippen LogP contribution is 2.38. The number of nitrogens with zero attached hydrogens (tertiary/aromatic N) is 1. The minimum atomic E-state index is 0.199. The molecule has 0 saturated carbocycles. The summed E-state index contributed by atoms with van der Waals surface area (Å²) >= 11 is 3.70. The van der Waals surface area contributed by atoms with Gasteiger partial charge in [0.1, 0.15) is 5.76 Å². The number of rotatable bonds is 3. The minimum absolute atomic E-state index is 0.199. The molecular weight excluding hydrogens is 266 g/mol. The largest absolute Gasteiger partial charge is 0.468 e. The van der Waals surface area contributed by atoms with Gasteiger partial charge >= 0.3 is 0 Å². The molecule has 2 aromatic rings. The Morgan fingerprint density at radius 2 is 1.94 bits per heavy atom. The fourth-order valence-corrected chi connectivity index (χ4v) is 2.50. The zero-order chi connectivity index (χ0) is 11.5. The van der Waals surface area contributed by atoms with Gasteiger partial charge in [-0.2, -0.15) is 0 Å². The van der Waals surface area contributed by atoms with E-state index < -0.39 is 0 Å². The van der Waals surface area contributed by atoms with Crippen LogP contribution in [0.1, 0.15) is 34.6 Å². The van der Waals surface area contributed by atoms with Gasteiger partial charge in [0, 0.05) is 18.3 Å². The van der Waals surface area contributed by atoms with Crippen LogP contribution in [0.5, 0.6) is 0 Å². The smallest absolute Gasteiger partial charge is 0.120 e. The average molecular weight is 280 g/mol. The Balaban J connectivity index is 2.23. The van der Waals surface area contributed by atoms with Gasteiger partial charge in [-0.15, -0.1) is 0 Å². The zero-order valence-electron chi connectivity index (χ0n) is 9.35. The van der Waals surface area contributed by atoms with Crippen LogP contribution in [0, 0.1) is 6.92 Å². The first kappa shape index (κ1) is 11.4. The Morgan fingerprint density at radius 1 is 1.25 bits per heavy atom. The van der Waals surface area contributed by atoms with Crippen molar-refractivity contribution in [2.24, 2.45) is 0 Å².